The first kappa shape index (κ1) is 11.8. The Labute approximate surface area is 90.0 Å². The highest BCUT2D eigenvalue weighted by molar-refractivity contribution is 9.11. The van der Waals surface area contributed by atoms with E-state index in [1.165, 1.54) is 0 Å². The Hall–Kier alpha value is -0.250. The Balaban J connectivity index is 3.23. The third-order valence-corrected chi connectivity index (χ3v) is 3.38. The number of halogens is 4. The molecule has 80 valence electrons. The molecule has 0 aromatic carbocycles. The first-order chi connectivity index (χ1) is 6.40. The topological polar surface area (TPSA) is 0 Å². The summed E-state index contributed by atoms with van der Waals surface area (Å²) in [6.07, 6.45) is 0.578. The molecule has 0 amide bonds. The largest absolute Gasteiger partial charge is 0.276 e. The van der Waals surface area contributed by atoms with Gasteiger partial charge >= 0.3 is 0 Å². The second kappa shape index (κ2) is 4.09. The molecule has 14 heavy (non-hydrogen) atoms. The van der Waals surface area contributed by atoms with Crippen LogP contribution in [-0.2, 0) is 0 Å². The van der Waals surface area contributed by atoms with E-state index in [2.05, 4.69) is 15.9 Å². The van der Waals surface area contributed by atoms with Crippen molar-refractivity contribution < 1.29 is 13.2 Å². The van der Waals surface area contributed by atoms with Gasteiger partial charge in [0.05, 0.1) is 5.57 Å². The van der Waals surface area contributed by atoms with Gasteiger partial charge in [-0.15, -0.1) is 0 Å². The fourth-order valence-electron chi connectivity index (χ4n) is 1.70. The Kier molecular flexibility index (Phi) is 3.45. The third-order valence-electron chi connectivity index (χ3n) is 2.34. The van der Waals surface area contributed by atoms with Gasteiger partial charge < -0.3 is 0 Å². The Morgan fingerprint density at radius 1 is 1.50 bits per heavy atom. The van der Waals surface area contributed by atoms with Crippen molar-refractivity contribution in [2.75, 3.05) is 0 Å². The predicted octanol–water partition coefficient (Wildman–Crippen LogP) is 4.72. The monoisotopic (exact) mass is 268 g/mol. The minimum Gasteiger partial charge on any atom is -0.212 e. The minimum atomic E-state index is -3.00. The Morgan fingerprint density at radius 2 is 2.07 bits per heavy atom. The van der Waals surface area contributed by atoms with Crippen molar-refractivity contribution in [1.82, 2.24) is 0 Å². The van der Waals surface area contributed by atoms with Crippen molar-refractivity contribution in [1.29, 1.82) is 0 Å². The van der Waals surface area contributed by atoms with Crippen molar-refractivity contribution in [3.63, 3.8) is 0 Å². The summed E-state index contributed by atoms with van der Waals surface area (Å²) in [4.78, 5) is 0. The maximum Gasteiger partial charge on any atom is 0.276 e. The van der Waals surface area contributed by atoms with E-state index in [1.54, 1.807) is 0 Å². The lowest BCUT2D eigenvalue weighted by atomic mass is 10.1. The lowest BCUT2D eigenvalue weighted by molar-refractivity contribution is 0.0474. The zero-order valence-corrected chi connectivity index (χ0v) is 9.72. The summed E-state index contributed by atoms with van der Waals surface area (Å²) >= 11 is 3.21. The van der Waals surface area contributed by atoms with E-state index in [9.17, 15) is 13.2 Å². The summed E-state index contributed by atoms with van der Waals surface area (Å²) in [7, 11) is 0. The molecule has 0 aromatic rings. The van der Waals surface area contributed by atoms with Gasteiger partial charge in [-0.2, -0.15) is 0 Å². The minimum absolute atomic E-state index is 0.248. The van der Waals surface area contributed by atoms with E-state index < -0.39 is 17.3 Å². The Morgan fingerprint density at radius 3 is 2.50 bits per heavy atom. The molecule has 0 nitrogen and oxygen atoms in total. The van der Waals surface area contributed by atoms with Crippen molar-refractivity contribution >= 4 is 15.9 Å². The molecule has 0 radical (unpaired) electrons. The van der Waals surface area contributed by atoms with Crippen LogP contribution in [0.5, 0.6) is 0 Å². The maximum atomic E-state index is 13.3. The van der Waals surface area contributed by atoms with Gasteiger partial charge in [-0.05, 0) is 29.8 Å². The van der Waals surface area contributed by atoms with Crippen molar-refractivity contribution in [3.05, 3.63) is 21.5 Å². The molecule has 0 bridgehead atoms. The smallest absolute Gasteiger partial charge is 0.212 e. The zero-order valence-electron chi connectivity index (χ0n) is 8.13. The molecule has 0 saturated heterocycles. The fraction of sp³-hybridized carbons (Fsp3) is 0.600. The van der Waals surface area contributed by atoms with E-state index in [0.717, 1.165) is 6.92 Å². The summed E-state index contributed by atoms with van der Waals surface area (Å²) in [5, 5.41) is 0. The van der Waals surface area contributed by atoms with E-state index in [1.807, 2.05) is 6.92 Å². The number of hydrogen-bond donors (Lipinski definition) is 0. The summed E-state index contributed by atoms with van der Waals surface area (Å²) in [6, 6.07) is 0. The molecule has 0 aromatic heterocycles. The van der Waals surface area contributed by atoms with Crippen molar-refractivity contribution in [2.45, 2.75) is 39.0 Å². The number of hydrogen-bond acceptors (Lipinski definition) is 0. The van der Waals surface area contributed by atoms with Gasteiger partial charge in [0.25, 0.3) is 5.92 Å². The van der Waals surface area contributed by atoms with Crippen LogP contribution in [0.15, 0.2) is 21.5 Å². The molecule has 0 atom stereocenters. The summed E-state index contributed by atoms with van der Waals surface area (Å²) < 4.78 is 40.2. The van der Waals surface area contributed by atoms with Crippen LogP contribution in [0.3, 0.4) is 0 Å². The van der Waals surface area contributed by atoms with Crippen LogP contribution in [0, 0.1) is 0 Å². The molecule has 0 N–H and O–H groups in total. The fourth-order valence-corrected chi connectivity index (χ4v) is 2.09. The van der Waals surface area contributed by atoms with Crippen molar-refractivity contribution in [3.8, 4) is 0 Å². The highest BCUT2D eigenvalue weighted by atomic mass is 79.9. The standard InChI is InChI=1S/C10H12BrF3/c1-3-8(11)7-4-5-10(13,14)9(7)6(2)12/h3-5H2,1-2H3/b8-7+,9-6-. The van der Waals surface area contributed by atoms with Gasteiger partial charge in [0.15, 0.2) is 0 Å². The third kappa shape index (κ3) is 2.05. The van der Waals surface area contributed by atoms with E-state index in [4.69, 9.17) is 0 Å². The molecule has 0 unspecified atom stereocenters. The number of alkyl halides is 2. The average molecular weight is 269 g/mol. The molecule has 1 aliphatic carbocycles. The second-order valence-corrected chi connectivity index (χ2v) is 4.31. The predicted molar refractivity (Wildman–Crippen MR) is 54.2 cm³/mol. The van der Waals surface area contributed by atoms with Crippen LogP contribution < -0.4 is 0 Å². The van der Waals surface area contributed by atoms with Gasteiger partial charge in [-0.1, -0.05) is 22.9 Å². The molecule has 1 saturated carbocycles. The van der Waals surface area contributed by atoms with E-state index in [-0.39, 0.29) is 12.8 Å². The highest BCUT2D eigenvalue weighted by Gasteiger charge is 2.44. The van der Waals surface area contributed by atoms with Gasteiger partial charge in [0.2, 0.25) is 0 Å². The van der Waals surface area contributed by atoms with Crippen LogP contribution in [0.4, 0.5) is 13.2 Å². The molecule has 1 rings (SSSR count). The van der Waals surface area contributed by atoms with Gasteiger partial charge in [0.1, 0.15) is 5.83 Å². The van der Waals surface area contributed by atoms with Crippen LogP contribution in [0.25, 0.3) is 0 Å². The molecule has 0 spiro atoms. The van der Waals surface area contributed by atoms with E-state index in [0.29, 0.717) is 16.5 Å². The summed E-state index contributed by atoms with van der Waals surface area (Å²) in [5.41, 5.74) is 0.0312. The summed E-state index contributed by atoms with van der Waals surface area (Å²) in [5.74, 6) is -3.77. The number of rotatable bonds is 1. The molecule has 0 aliphatic heterocycles. The lowest BCUT2D eigenvalue weighted by Gasteiger charge is -2.12. The van der Waals surface area contributed by atoms with Crippen LogP contribution in [-0.4, -0.2) is 5.92 Å². The quantitative estimate of drug-likeness (QED) is 0.646. The Bertz CT molecular complexity index is 298. The summed E-state index contributed by atoms with van der Waals surface area (Å²) in [6.45, 7) is 2.93. The van der Waals surface area contributed by atoms with Gasteiger partial charge in [-0.25, -0.2) is 13.2 Å². The van der Waals surface area contributed by atoms with Gasteiger partial charge in [0, 0.05) is 6.42 Å². The first-order valence-electron chi connectivity index (χ1n) is 4.52. The van der Waals surface area contributed by atoms with Crippen LogP contribution in [0.1, 0.15) is 33.1 Å². The van der Waals surface area contributed by atoms with E-state index >= 15 is 0 Å². The second-order valence-electron chi connectivity index (χ2n) is 3.35. The molecule has 1 aliphatic rings. The maximum absolute atomic E-state index is 13.3. The first-order valence-corrected chi connectivity index (χ1v) is 5.32. The van der Waals surface area contributed by atoms with Crippen LogP contribution >= 0.6 is 15.9 Å². The highest BCUT2D eigenvalue weighted by Crippen LogP contribution is 2.47. The molecule has 0 heterocycles. The normalized spacial score (nSPS) is 27.9. The van der Waals surface area contributed by atoms with Gasteiger partial charge in [-0.3, -0.25) is 0 Å². The lowest BCUT2D eigenvalue weighted by Crippen LogP contribution is -2.13. The van der Waals surface area contributed by atoms with Crippen molar-refractivity contribution in [2.24, 2.45) is 0 Å². The zero-order chi connectivity index (χ0) is 10.9. The molecular weight excluding hydrogens is 257 g/mol. The average Bonchev–Trinajstić information content (AvgIpc) is 2.39. The molecule has 1 fully saturated rings. The SMILES string of the molecule is CC/C(Br)=C1/CCC(F)(F)/C1=C(/C)F. The number of allylic oxidation sites excluding steroid dienone is 4. The molecule has 4 heteroatoms. The van der Waals surface area contributed by atoms with Crippen LogP contribution in [0.2, 0.25) is 0 Å². The molecular formula is C10H12BrF3.